The van der Waals surface area contributed by atoms with E-state index in [1.807, 2.05) is 5.38 Å². The number of hydrogen-bond acceptors (Lipinski definition) is 11. The molecular weight excluding hydrogens is 426 g/mol. The monoisotopic (exact) mass is 439 g/mol. The number of anilines is 1. The van der Waals surface area contributed by atoms with Gasteiger partial charge in [-0.3, -0.25) is 14.9 Å². The van der Waals surface area contributed by atoms with Crippen LogP contribution in [-0.2, 0) is 0 Å². The zero-order chi connectivity index (χ0) is 22.0. The molecule has 3 N–H and O–H groups in total. The van der Waals surface area contributed by atoms with Crippen molar-refractivity contribution in [1.29, 1.82) is 0 Å². The number of carbonyl (C=O) groups is 1. The summed E-state index contributed by atoms with van der Waals surface area (Å²) in [6.45, 7) is 1.65. The number of non-ortho nitro benzene ring substituents is 1. The van der Waals surface area contributed by atoms with E-state index in [9.17, 15) is 14.9 Å². The van der Waals surface area contributed by atoms with Crippen molar-refractivity contribution in [3.63, 3.8) is 0 Å². The van der Waals surface area contributed by atoms with Crippen molar-refractivity contribution in [1.82, 2.24) is 30.7 Å². The molecule has 0 aliphatic heterocycles. The maximum absolute atomic E-state index is 12.8. The molecule has 1 amide bonds. The largest absolute Gasteiger partial charge is 0.378 e. The van der Waals surface area contributed by atoms with Gasteiger partial charge in [0.15, 0.2) is 5.69 Å². The Bertz CT molecular complexity index is 1280. The molecule has 1 aromatic carbocycles. The van der Waals surface area contributed by atoms with E-state index in [1.54, 1.807) is 19.1 Å². The summed E-state index contributed by atoms with van der Waals surface area (Å²) in [7, 11) is 0. The maximum atomic E-state index is 12.8. The Balaban J connectivity index is 1.63. The molecule has 14 heteroatoms. The van der Waals surface area contributed by atoms with Gasteiger partial charge in [0, 0.05) is 12.1 Å². The first-order chi connectivity index (χ1) is 15.0. The number of aromatic nitrogens is 5. The van der Waals surface area contributed by atoms with Gasteiger partial charge < -0.3 is 5.73 Å². The number of hydrogen-bond donors (Lipinski definition) is 2. The van der Waals surface area contributed by atoms with Crippen LogP contribution in [0.25, 0.3) is 16.4 Å². The smallest absolute Gasteiger partial charge is 0.294 e. The minimum Gasteiger partial charge on any atom is -0.378 e. The van der Waals surface area contributed by atoms with E-state index in [1.165, 1.54) is 40.3 Å². The lowest BCUT2D eigenvalue weighted by Gasteiger charge is -2.04. The van der Waals surface area contributed by atoms with Crippen LogP contribution in [-0.4, -0.2) is 41.8 Å². The third-order valence-electron chi connectivity index (χ3n) is 4.16. The summed E-state index contributed by atoms with van der Waals surface area (Å²) in [5, 5.41) is 31.8. The average molecular weight is 439 g/mol. The molecule has 0 radical (unpaired) electrons. The number of nitro groups is 1. The van der Waals surface area contributed by atoms with Crippen LogP contribution >= 0.6 is 11.3 Å². The summed E-state index contributed by atoms with van der Waals surface area (Å²) in [5.41, 5.74) is 9.52. The molecule has 156 valence electrons. The molecule has 0 saturated carbocycles. The Morgan fingerprint density at radius 2 is 2.06 bits per heavy atom. The fraction of sp³-hybridized carbons (Fsp3) is 0.0588. The molecule has 0 saturated heterocycles. The van der Waals surface area contributed by atoms with Gasteiger partial charge in [-0.2, -0.15) is 9.78 Å². The van der Waals surface area contributed by atoms with Crippen molar-refractivity contribution in [3.8, 4) is 16.4 Å². The van der Waals surface area contributed by atoms with Gasteiger partial charge in [-0.25, -0.2) is 10.1 Å². The van der Waals surface area contributed by atoms with E-state index in [2.05, 4.69) is 35.8 Å². The van der Waals surface area contributed by atoms with Crippen molar-refractivity contribution in [2.45, 2.75) is 6.92 Å². The number of nitro benzene ring substituents is 1. The number of carbonyl (C=O) groups excluding carboxylic acids is 1. The lowest BCUT2D eigenvalue weighted by molar-refractivity contribution is -0.384. The van der Waals surface area contributed by atoms with Gasteiger partial charge in [-0.05, 0) is 46.4 Å². The minimum absolute atomic E-state index is 0.00917. The molecule has 13 nitrogen and oxygen atoms in total. The quantitative estimate of drug-likeness (QED) is 0.258. The van der Waals surface area contributed by atoms with Gasteiger partial charge in [0.2, 0.25) is 11.6 Å². The Labute approximate surface area is 177 Å². The van der Waals surface area contributed by atoms with Gasteiger partial charge in [-0.15, -0.1) is 16.4 Å². The second-order valence-corrected chi connectivity index (χ2v) is 7.04. The Morgan fingerprint density at radius 1 is 1.29 bits per heavy atom. The number of nitrogens with one attached hydrogen (secondary N) is 1. The van der Waals surface area contributed by atoms with Crippen LogP contribution in [0.4, 0.5) is 11.5 Å². The molecule has 3 heterocycles. The number of benzene rings is 1. The number of amides is 1. The molecule has 31 heavy (non-hydrogen) atoms. The standard InChI is InChI=1S/C17H13N9O4S/c1-9(10-4-6-11(7-5-10)26(28)29)19-21-17(27)13-14(12-3-2-8-31-12)25(24-20-13)16-15(18)22-30-23-16/h2-8H,1H3,(H2,18,22)(H,21,27). The summed E-state index contributed by atoms with van der Waals surface area (Å²) in [6.07, 6.45) is 0. The molecule has 4 aromatic rings. The fourth-order valence-electron chi connectivity index (χ4n) is 2.63. The minimum atomic E-state index is -0.620. The summed E-state index contributed by atoms with van der Waals surface area (Å²) < 4.78 is 5.88. The van der Waals surface area contributed by atoms with Gasteiger partial charge in [0.05, 0.1) is 15.5 Å². The number of nitrogens with two attached hydrogens (primary N) is 1. The van der Waals surface area contributed by atoms with Crippen LogP contribution < -0.4 is 11.2 Å². The molecule has 0 atom stereocenters. The lowest BCUT2D eigenvalue weighted by Crippen LogP contribution is -2.20. The SMILES string of the molecule is CC(=NNC(=O)c1nnn(-c2nonc2N)c1-c1cccs1)c1ccc([N+](=O)[O-])cc1. The third-order valence-corrected chi connectivity index (χ3v) is 5.03. The first-order valence-electron chi connectivity index (χ1n) is 8.63. The molecule has 0 unspecified atom stereocenters. The van der Waals surface area contributed by atoms with Crippen LogP contribution in [0, 0.1) is 10.1 Å². The van der Waals surface area contributed by atoms with E-state index >= 15 is 0 Å². The van der Waals surface area contributed by atoms with Gasteiger partial charge in [0.25, 0.3) is 11.6 Å². The molecule has 0 aliphatic carbocycles. The first-order valence-corrected chi connectivity index (χ1v) is 9.51. The Hall–Kier alpha value is -4.46. The highest BCUT2D eigenvalue weighted by Crippen LogP contribution is 2.29. The summed E-state index contributed by atoms with van der Waals surface area (Å²) in [5.74, 6) is -0.534. The first kappa shape index (κ1) is 19.8. The highest BCUT2D eigenvalue weighted by Gasteiger charge is 2.25. The van der Waals surface area contributed by atoms with Crippen LogP contribution in [0.3, 0.4) is 0 Å². The van der Waals surface area contributed by atoms with Crippen LogP contribution in [0.1, 0.15) is 23.0 Å². The van der Waals surface area contributed by atoms with Crippen molar-refractivity contribution < 1.29 is 14.3 Å². The third kappa shape index (κ3) is 3.86. The number of nitrogen functional groups attached to an aromatic ring is 1. The van der Waals surface area contributed by atoms with Crippen molar-refractivity contribution in [3.05, 3.63) is 63.1 Å². The Kier molecular flexibility index (Phi) is 5.19. The zero-order valence-corrected chi connectivity index (χ0v) is 16.6. The summed E-state index contributed by atoms with van der Waals surface area (Å²) in [6, 6.07) is 9.37. The number of nitrogens with zero attached hydrogens (tertiary/aromatic N) is 7. The maximum Gasteiger partial charge on any atom is 0.294 e. The summed E-state index contributed by atoms with van der Waals surface area (Å²) in [4.78, 5) is 23.8. The average Bonchev–Trinajstić information content (AvgIpc) is 3.51. The molecule has 0 bridgehead atoms. The van der Waals surface area contributed by atoms with Gasteiger partial charge >= 0.3 is 0 Å². The normalized spacial score (nSPS) is 11.5. The number of rotatable bonds is 6. The van der Waals surface area contributed by atoms with E-state index < -0.39 is 10.8 Å². The molecule has 0 spiro atoms. The molecule has 4 rings (SSSR count). The van der Waals surface area contributed by atoms with E-state index in [-0.39, 0.29) is 23.0 Å². The van der Waals surface area contributed by atoms with E-state index in [0.717, 1.165) is 0 Å². The molecular formula is C17H13N9O4S. The van der Waals surface area contributed by atoms with E-state index in [4.69, 9.17) is 5.73 Å². The van der Waals surface area contributed by atoms with Crippen molar-refractivity contribution >= 4 is 34.5 Å². The molecule has 0 fully saturated rings. The zero-order valence-electron chi connectivity index (χ0n) is 15.8. The molecule has 0 aliphatic rings. The highest BCUT2D eigenvalue weighted by molar-refractivity contribution is 7.13. The molecule has 3 aromatic heterocycles. The second kappa shape index (κ2) is 8.11. The lowest BCUT2D eigenvalue weighted by atomic mass is 10.1. The number of thiophene rings is 1. The van der Waals surface area contributed by atoms with Gasteiger partial charge in [0.1, 0.15) is 5.69 Å². The number of hydrazone groups is 1. The predicted octanol–water partition coefficient (Wildman–Crippen LogP) is 2.02. The van der Waals surface area contributed by atoms with E-state index in [0.29, 0.717) is 21.8 Å². The second-order valence-electron chi connectivity index (χ2n) is 6.09. The van der Waals surface area contributed by atoms with Crippen LogP contribution in [0.15, 0.2) is 51.5 Å². The topological polar surface area (TPSA) is 180 Å². The van der Waals surface area contributed by atoms with Crippen molar-refractivity contribution in [2.75, 3.05) is 5.73 Å². The Morgan fingerprint density at radius 3 is 2.68 bits per heavy atom. The van der Waals surface area contributed by atoms with Crippen LogP contribution in [0.2, 0.25) is 0 Å². The highest BCUT2D eigenvalue weighted by atomic mass is 32.1. The van der Waals surface area contributed by atoms with Crippen molar-refractivity contribution in [2.24, 2.45) is 5.10 Å². The predicted molar refractivity (Wildman–Crippen MR) is 110 cm³/mol. The summed E-state index contributed by atoms with van der Waals surface area (Å²) >= 11 is 1.36. The van der Waals surface area contributed by atoms with Gasteiger partial charge in [-0.1, -0.05) is 11.3 Å². The fourth-order valence-corrected chi connectivity index (χ4v) is 3.39. The van der Waals surface area contributed by atoms with Crippen LogP contribution in [0.5, 0.6) is 0 Å².